The SMILES string of the molecule is CCNC(=NCc1cccc([N+](=O)[O-])c1)N1CCC(N(CC)CC)C1. The van der Waals surface area contributed by atoms with Crippen molar-refractivity contribution in [3.63, 3.8) is 0 Å². The predicted octanol–water partition coefficient (Wildman–Crippen LogP) is 2.48. The summed E-state index contributed by atoms with van der Waals surface area (Å²) in [5.41, 5.74) is 0.963. The van der Waals surface area contributed by atoms with Crippen LogP contribution in [0.3, 0.4) is 0 Å². The van der Waals surface area contributed by atoms with Crippen LogP contribution in [0.2, 0.25) is 0 Å². The van der Waals surface area contributed by atoms with Gasteiger partial charge < -0.3 is 10.2 Å². The highest BCUT2D eigenvalue weighted by molar-refractivity contribution is 5.80. The molecular weight excluding hydrogens is 318 g/mol. The number of benzene rings is 1. The van der Waals surface area contributed by atoms with Crippen molar-refractivity contribution < 1.29 is 4.92 Å². The minimum absolute atomic E-state index is 0.112. The number of nitro benzene ring substituents is 1. The summed E-state index contributed by atoms with van der Waals surface area (Å²) in [4.78, 5) is 20.0. The van der Waals surface area contributed by atoms with Gasteiger partial charge in [-0.05, 0) is 32.0 Å². The fourth-order valence-corrected chi connectivity index (χ4v) is 3.33. The van der Waals surface area contributed by atoms with Gasteiger partial charge in [-0.3, -0.25) is 15.0 Å². The second kappa shape index (κ2) is 9.36. The van der Waals surface area contributed by atoms with Gasteiger partial charge in [0.15, 0.2) is 5.96 Å². The number of likely N-dealkylation sites (tertiary alicyclic amines) is 1. The van der Waals surface area contributed by atoms with Crippen LogP contribution in [0.15, 0.2) is 29.3 Å². The molecule has 25 heavy (non-hydrogen) atoms. The standard InChI is InChI=1S/C18H29N5O2/c1-4-19-18(22-11-10-17(14-22)21(5-2)6-3)20-13-15-8-7-9-16(12-15)23(24)25/h7-9,12,17H,4-6,10-11,13-14H2,1-3H3,(H,19,20). The summed E-state index contributed by atoms with van der Waals surface area (Å²) in [6.07, 6.45) is 1.14. The number of likely N-dealkylation sites (N-methyl/N-ethyl adjacent to an activating group) is 1. The van der Waals surface area contributed by atoms with Crippen LogP contribution in [0.1, 0.15) is 32.8 Å². The first-order valence-corrected chi connectivity index (χ1v) is 9.09. The Morgan fingerprint density at radius 3 is 2.80 bits per heavy atom. The second-order valence-corrected chi connectivity index (χ2v) is 6.21. The highest BCUT2D eigenvalue weighted by atomic mass is 16.6. The van der Waals surface area contributed by atoms with Gasteiger partial charge in [0, 0.05) is 37.8 Å². The van der Waals surface area contributed by atoms with E-state index in [0.29, 0.717) is 12.6 Å². The molecule has 1 aliphatic heterocycles. The zero-order chi connectivity index (χ0) is 18.2. The van der Waals surface area contributed by atoms with Crippen LogP contribution in [0.25, 0.3) is 0 Å². The van der Waals surface area contributed by atoms with Crippen LogP contribution in [0.4, 0.5) is 5.69 Å². The molecule has 0 bridgehead atoms. The molecule has 1 fully saturated rings. The van der Waals surface area contributed by atoms with Crippen molar-refractivity contribution in [3.8, 4) is 0 Å². The fourth-order valence-electron chi connectivity index (χ4n) is 3.33. The predicted molar refractivity (Wildman–Crippen MR) is 101 cm³/mol. The van der Waals surface area contributed by atoms with Gasteiger partial charge in [-0.2, -0.15) is 0 Å². The molecule has 0 spiro atoms. The Morgan fingerprint density at radius 1 is 1.40 bits per heavy atom. The van der Waals surface area contributed by atoms with E-state index in [-0.39, 0.29) is 10.6 Å². The third-order valence-electron chi connectivity index (χ3n) is 4.66. The molecule has 1 unspecified atom stereocenters. The summed E-state index contributed by atoms with van der Waals surface area (Å²) >= 11 is 0. The van der Waals surface area contributed by atoms with Crippen LogP contribution in [-0.2, 0) is 6.54 Å². The molecule has 0 saturated carbocycles. The van der Waals surface area contributed by atoms with Gasteiger partial charge in [0.05, 0.1) is 11.5 Å². The van der Waals surface area contributed by atoms with Crippen molar-refractivity contribution in [3.05, 3.63) is 39.9 Å². The number of aliphatic imine (C=N–C) groups is 1. The highest BCUT2D eigenvalue weighted by Gasteiger charge is 2.27. The van der Waals surface area contributed by atoms with Crippen molar-refractivity contribution in [1.82, 2.24) is 15.1 Å². The average Bonchev–Trinajstić information content (AvgIpc) is 3.09. The Labute approximate surface area is 149 Å². The van der Waals surface area contributed by atoms with Crippen molar-refractivity contribution >= 4 is 11.6 Å². The molecule has 7 nitrogen and oxygen atoms in total. The Kier molecular flexibility index (Phi) is 7.18. The van der Waals surface area contributed by atoms with E-state index in [2.05, 4.69) is 35.9 Å². The lowest BCUT2D eigenvalue weighted by Gasteiger charge is -2.27. The Hall–Kier alpha value is -2.15. The van der Waals surface area contributed by atoms with Crippen LogP contribution in [0.5, 0.6) is 0 Å². The molecule has 1 atom stereocenters. The van der Waals surface area contributed by atoms with Gasteiger partial charge in [-0.15, -0.1) is 0 Å². The van der Waals surface area contributed by atoms with E-state index in [1.807, 2.05) is 6.07 Å². The number of non-ortho nitro benzene ring substituents is 1. The van der Waals surface area contributed by atoms with E-state index in [1.54, 1.807) is 12.1 Å². The van der Waals surface area contributed by atoms with Crippen LogP contribution in [0, 0.1) is 10.1 Å². The summed E-state index contributed by atoms with van der Waals surface area (Å²) in [5.74, 6) is 0.892. The van der Waals surface area contributed by atoms with Crippen molar-refractivity contribution in [2.45, 2.75) is 39.8 Å². The number of hydrogen-bond donors (Lipinski definition) is 1. The summed E-state index contributed by atoms with van der Waals surface area (Å²) in [6.45, 7) is 11.8. The Balaban J connectivity index is 2.06. The van der Waals surface area contributed by atoms with E-state index in [4.69, 9.17) is 4.99 Å². The average molecular weight is 347 g/mol. The van der Waals surface area contributed by atoms with Gasteiger partial charge in [0.2, 0.25) is 0 Å². The van der Waals surface area contributed by atoms with Gasteiger partial charge in [0.1, 0.15) is 0 Å². The maximum Gasteiger partial charge on any atom is 0.269 e. The lowest BCUT2D eigenvalue weighted by molar-refractivity contribution is -0.384. The second-order valence-electron chi connectivity index (χ2n) is 6.21. The number of nitrogens with zero attached hydrogens (tertiary/aromatic N) is 4. The number of hydrogen-bond acceptors (Lipinski definition) is 4. The zero-order valence-corrected chi connectivity index (χ0v) is 15.4. The number of nitro groups is 1. The van der Waals surface area contributed by atoms with Gasteiger partial charge in [-0.1, -0.05) is 26.0 Å². The molecule has 1 aliphatic rings. The van der Waals surface area contributed by atoms with Crippen molar-refractivity contribution in [2.75, 3.05) is 32.7 Å². The molecule has 1 aromatic rings. The third kappa shape index (κ3) is 5.16. The van der Waals surface area contributed by atoms with E-state index >= 15 is 0 Å². The van der Waals surface area contributed by atoms with Crippen LogP contribution in [-0.4, -0.2) is 59.4 Å². The zero-order valence-electron chi connectivity index (χ0n) is 15.4. The first kappa shape index (κ1) is 19.2. The lowest BCUT2D eigenvalue weighted by Crippen LogP contribution is -2.43. The fraction of sp³-hybridized carbons (Fsp3) is 0.611. The normalized spacial score (nSPS) is 18.0. The third-order valence-corrected chi connectivity index (χ3v) is 4.66. The molecule has 0 aliphatic carbocycles. The van der Waals surface area contributed by atoms with Crippen molar-refractivity contribution in [1.29, 1.82) is 0 Å². The summed E-state index contributed by atoms with van der Waals surface area (Å²) in [7, 11) is 0. The molecule has 1 aromatic carbocycles. The minimum Gasteiger partial charge on any atom is -0.357 e. The molecule has 0 amide bonds. The molecule has 1 saturated heterocycles. The molecule has 1 heterocycles. The Bertz CT molecular complexity index is 601. The molecular formula is C18H29N5O2. The smallest absolute Gasteiger partial charge is 0.269 e. The molecule has 1 N–H and O–H groups in total. The molecule has 138 valence electrons. The first-order chi connectivity index (χ1) is 12.1. The molecule has 0 radical (unpaired) electrons. The number of rotatable bonds is 7. The van der Waals surface area contributed by atoms with Gasteiger partial charge in [0.25, 0.3) is 5.69 Å². The van der Waals surface area contributed by atoms with E-state index < -0.39 is 0 Å². The van der Waals surface area contributed by atoms with Gasteiger partial charge in [-0.25, -0.2) is 4.99 Å². The minimum atomic E-state index is -0.367. The van der Waals surface area contributed by atoms with Crippen molar-refractivity contribution in [2.24, 2.45) is 4.99 Å². The summed E-state index contributed by atoms with van der Waals surface area (Å²) < 4.78 is 0. The highest BCUT2D eigenvalue weighted by Crippen LogP contribution is 2.17. The quantitative estimate of drug-likeness (QED) is 0.355. The molecule has 0 aromatic heterocycles. The van der Waals surface area contributed by atoms with E-state index in [9.17, 15) is 10.1 Å². The summed E-state index contributed by atoms with van der Waals surface area (Å²) in [5, 5.41) is 14.3. The lowest BCUT2D eigenvalue weighted by atomic mass is 10.2. The maximum atomic E-state index is 10.9. The Morgan fingerprint density at radius 2 is 2.16 bits per heavy atom. The largest absolute Gasteiger partial charge is 0.357 e. The van der Waals surface area contributed by atoms with Crippen LogP contribution < -0.4 is 5.32 Å². The van der Waals surface area contributed by atoms with Crippen LogP contribution >= 0.6 is 0 Å². The van der Waals surface area contributed by atoms with Gasteiger partial charge >= 0.3 is 0 Å². The topological polar surface area (TPSA) is 74.0 Å². The van der Waals surface area contributed by atoms with E-state index in [0.717, 1.165) is 50.7 Å². The summed E-state index contributed by atoms with van der Waals surface area (Å²) in [6, 6.07) is 7.26. The number of guanidine groups is 1. The van der Waals surface area contributed by atoms with E-state index in [1.165, 1.54) is 6.07 Å². The maximum absolute atomic E-state index is 10.9. The first-order valence-electron chi connectivity index (χ1n) is 9.09. The monoisotopic (exact) mass is 347 g/mol. The molecule has 2 rings (SSSR count). The molecule has 7 heteroatoms. The number of nitrogens with one attached hydrogen (secondary N) is 1.